The normalized spacial score (nSPS) is 22.6. The number of benzene rings is 2. The molecule has 30 heavy (non-hydrogen) atoms. The minimum absolute atomic E-state index is 0.0231. The van der Waals surface area contributed by atoms with Gasteiger partial charge in [-0.1, -0.05) is 36.4 Å². The summed E-state index contributed by atoms with van der Waals surface area (Å²) in [6, 6.07) is 17.5. The van der Waals surface area contributed by atoms with Crippen molar-refractivity contribution in [1.29, 1.82) is 5.26 Å². The molecule has 5 nitrogen and oxygen atoms in total. The Morgan fingerprint density at radius 2 is 1.73 bits per heavy atom. The molecule has 0 aromatic heterocycles. The smallest absolute Gasteiger partial charge is 0.234 e. The van der Waals surface area contributed by atoms with E-state index in [1.54, 1.807) is 0 Å². The first-order valence-corrected chi connectivity index (χ1v) is 11.3. The Morgan fingerprint density at radius 3 is 2.50 bits per heavy atom. The van der Waals surface area contributed by atoms with Crippen LogP contribution in [0.4, 0.5) is 5.69 Å². The Balaban J connectivity index is 1.20. The Bertz CT molecular complexity index is 884. The molecular formula is C25H32N4O. The summed E-state index contributed by atoms with van der Waals surface area (Å²) in [4.78, 5) is 16.7. The van der Waals surface area contributed by atoms with E-state index in [0.29, 0.717) is 0 Å². The van der Waals surface area contributed by atoms with Gasteiger partial charge in [-0.25, -0.2) is 0 Å². The quantitative estimate of drug-likeness (QED) is 0.792. The number of fused-ring (bicyclic) bond motifs is 1. The summed E-state index contributed by atoms with van der Waals surface area (Å²) in [7, 11) is 0. The number of rotatable bonds is 6. The molecule has 1 amide bonds. The van der Waals surface area contributed by atoms with Gasteiger partial charge in [-0.05, 0) is 56.0 Å². The highest BCUT2D eigenvalue weighted by atomic mass is 16.1. The van der Waals surface area contributed by atoms with Crippen LogP contribution in [0.1, 0.15) is 38.5 Å². The molecule has 2 fully saturated rings. The Kier molecular flexibility index (Phi) is 6.86. The molecule has 5 heteroatoms. The first-order valence-electron chi connectivity index (χ1n) is 11.3. The lowest BCUT2D eigenvalue weighted by atomic mass is 9.84. The van der Waals surface area contributed by atoms with Gasteiger partial charge in [0.1, 0.15) is 6.42 Å². The summed E-state index contributed by atoms with van der Waals surface area (Å²) in [5, 5.41) is 14.3. The molecule has 1 N–H and O–H groups in total. The number of piperazine rings is 1. The van der Waals surface area contributed by atoms with Crippen LogP contribution >= 0.6 is 0 Å². The number of carbonyl (C=O) groups excluding carboxylic acids is 1. The van der Waals surface area contributed by atoms with Crippen molar-refractivity contribution < 1.29 is 4.79 Å². The van der Waals surface area contributed by atoms with Crippen LogP contribution in [0.5, 0.6) is 0 Å². The molecule has 4 rings (SSSR count). The molecule has 0 atom stereocenters. The summed E-state index contributed by atoms with van der Waals surface area (Å²) in [6.07, 6.45) is 5.71. The maximum Gasteiger partial charge on any atom is 0.234 e. The summed E-state index contributed by atoms with van der Waals surface area (Å²) in [5.41, 5.74) is 1.37. The Morgan fingerprint density at radius 1 is 1.00 bits per heavy atom. The van der Waals surface area contributed by atoms with Crippen LogP contribution < -0.4 is 10.2 Å². The van der Waals surface area contributed by atoms with Gasteiger partial charge >= 0.3 is 0 Å². The number of hydrogen-bond donors (Lipinski definition) is 1. The summed E-state index contributed by atoms with van der Waals surface area (Å²) in [6.45, 7) is 5.61. The van der Waals surface area contributed by atoms with Crippen molar-refractivity contribution in [3.63, 3.8) is 0 Å². The second-order valence-electron chi connectivity index (χ2n) is 8.74. The summed E-state index contributed by atoms with van der Waals surface area (Å²) >= 11 is 0. The fourth-order valence-electron chi connectivity index (χ4n) is 5.01. The van der Waals surface area contributed by atoms with E-state index in [1.807, 2.05) is 6.07 Å². The number of hydrogen-bond acceptors (Lipinski definition) is 4. The monoisotopic (exact) mass is 404 g/mol. The van der Waals surface area contributed by atoms with E-state index in [4.69, 9.17) is 5.26 Å². The SMILES string of the molecule is N#CCC(=O)N[C@H]1CC[C@H](CCN2CCN(c3cccc4ccccc34)CC2)CC1. The molecule has 1 heterocycles. The van der Waals surface area contributed by atoms with Crippen molar-refractivity contribution in [2.24, 2.45) is 5.92 Å². The van der Waals surface area contributed by atoms with E-state index in [-0.39, 0.29) is 18.4 Å². The maximum absolute atomic E-state index is 11.6. The molecule has 2 aromatic rings. The molecule has 1 saturated heterocycles. The van der Waals surface area contributed by atoms with Gasteiger partial charge in [0.25, 0.3) is 0 Å². The van der Waals surface area contributed by atoms with Crippen LogP contribution in [0.2, 0.25) is 0 Å². The first-order chi connectivity index (χ1) is 14.7. The van der Waals surface area contributed by atoms with Crippen molar-refractivity contribution in [2.75, 3.05) is 37.6 Å². The molecule has 2 aromatic carbocycles. The second kappa shape index (κ2) is 9.95. The predicted molar refractivity (Wildman–Crippen MR) is 121 cm³/mol. The van der Waals surface area contributed by atoms with Crippen LogP contribution in [0.25, 0.3) is 10.8 Å². The highest BCUT2D eigenvalue weighted by Gasteiger charge is 2.24. The molecule has 158 valence electrons. The van der Waals surface area contributed by atoms with Crippen molar-refractivity contribution in [2.45, 2.75) is 44.6 Å². The minimum atomic E-state index is -0.120. The minimum Gasteiger partial charge on any atom is -0.368 e. The maximum atomic E-state index is 11.6. The fourth-order valence-corrected chi connectivity index (χ4v) is 5.01. The third-order valence-corrected chi connectivity index (χ3v) is 6.78. The van der Waals surface area contributed by atoms with Crippen molar-refractivity contribution in [3.8, 4) is 6.07 Å². The first kappa shape index (κ1) is 20.7. The Labute approximate surface area is 179 Å². The highest BCUT2D eigenvalue weighted by molar-refractivity contribution is 5.94. The molecule has 0 unspecified atom stereocenters. The molecule has 0 radical (unpaired) electrons. The molecule has 1 aliphatic carbocycles. The molecule has 2 aliphatic rings. The zero-order chi connectivity index (χ0) is 20.8. The van der Waals surface area contributed by atoms with Crippen LogP contribution in [-0.2, 0) is 4.79 Å². The van der Waals surface area contributed by atoms with Gasteiger partial charge in [-0.15, -0.1) is 0 Å². The second-order valence-corrected chi connectivity index (χ2v) is 8.74. The number of amides is 1. The van der Waals surface area contributed by atoms with E-state index in [0.717, 1.165) is 44.9 Å². The zero-order valence-electron chi connectivity index (χ0n) is 17.7. The number of nitriles is 1. The largest absolute Gasteiger partial charge is 0.368 e. The van der Waals surface area contributed by atoms with Crippen molar-refractivity contribution >= 4 is 22.4 Å². The van der Waals surface area contributed by atoms with E-state index >= 15 is 0 Å². The molecular weight excluding hydrogens is 372 g/mol. The van der Waals surface area contributed by atoms with Crippen molar-refractivity contribution in [1.82, 2.24) is 10.2 Å². The van der Waals surface area contributed by atoms with Gasteiger partial charge in [0.15, 0.2) is 0 Å². The highest BCUT2D eigenvalue weighted by Crippen LogP contribution is 2.29. The van der Waals surface area contributed by atoms with E-state index in [1.165, 1.54) is 42.3 Å². The van der Waals surface area contributed by atoms with E-state index in [2.05, 4.69) is 57.6 Å². The van der Waals surface area contributed by atoms with Gasteiger partial charge in [-0.2, -0.15) is 5.26 Å². The average Bonchev–Trinajstić information content (AvgIpc) is 2.79. The number of nitrogens with one attached hydrogen (secondary N) is 1. The van der Waals surface area contributed by atoms with Crippen LogP contribution in [0.3, 0.4) is 0 Å². The molecule has 0 spiro atoms. The van der Waals surface area contributed by atoms with Gasteiger partial charge in [0, 0.05) is 43.3 Å². The lowest BCUT2D eigenvalue weighted by Gasteiger charge is -2.37. The third-order valence-electron chi connectivity index (χ3n) is 6.78. The van der Waals surface area contributed by atoms with Gasteiger partial charge in [0.05, 0.1) is 6.07 Å². The predicted octanol–water partition coefficient (Wildman–Crippen LogP) is 3.94. The average molecular weight is 405 g/mol. The van der Waals surface area contributed by atoms with Gasteiger partial charge < -0.3 is 10.2 Å². The van der Waals surface area contributed by atoms with Crippen LogP contribution in [-0.4, -0.2) is 49.6 Å². The lowest BCUT2D eigenvalue weighted by molar-refractivity contribution is -0.121. The Hall–Kier alpha value is -2.58. The molecule has 0 bridgehead atoms. The number of anilines is 1. The zero-order valence-corrected chi connectivity index (χ0v) is 17.7. The van der Waals surface area contributed by atoms with Crippen LogP contribution in [0, 0.1) is 17.2 Å². The van der Waals surface area contributed by atoms with E-state index in [9.17, 15) is 4.79 Å². The lowest BCUT2D eigenvalue weighted by Crippen LogP contribution is -2.47. The van der Waals surface area contributed by atoms with Gasteiger partial charge in [0.2, 0.25) is 5.91 Å². The molecule has 1 aliphatic heterocycles. The topological polar surface area (TPSA) is 59.4 Å². The third kappa shape index (κ3) is 5.12. The fraction of sp³-hybridized carbons (Fsp3) is 0.520. The number of nitrogens with zero attached hydrogens (tertiary/aromatic N) is 3. The standard InChI is InChI=1S/C25H32N4O/c26-14-12-25(30)27-22-10-8-20(9-11-22)13-15-28-16-18-29(19-17-28)24-7-3-5-21-4-1-2-6-23(21)24/h1-7,20,22H,8-13,15-19H2,(H,27,30)/t20-,22-. The van der Waals surface area contributed by atoms with Crippen LogP contribution in [0.15, 0.2) is 42.5 Å². The summed E-state index contributed by atoms with van der Waals surface area (Å²) < 4.78 is 0. The molecule has 1 saturated carbocycles. The number of carbonyl (C=O) groups is 1. The van der Waals surface area contributed by atoms with Gasteiger partial charge in [-0.3, -0.25) is 9.69 Å². The van der Waals surface area contributed by atoms with E-state index < -0.39 is 0 Å². The summed E-state index contributed by atoms with van der Waals surface area (Å²) in [5.74, 6) is 0.648. The van der Waals surface area contributed by atoms with Crippen molar-refractivity contribution in [3.05, 3.63) is 42.5 Å².